The Labute approximate surface area is 85.8 Å². The maximum atomic E-state index is 13.3. The molecule has 1 aliphatic rings. The Balaban J connectivity index is 2.52. The quantitative estimate of drug-likeness (QED) is 0.733. The molecule has 0 radical (unpaired) electrons. The van der Waals surface area contributed by atoms with Gasteiger partial charge < -0.3 is 15.2 Å². The minimum absolute atomic E-state index is 0.000509. The van der Waals surface area contributed by atoms with Crippen molar-refractivity contribution in [3.05, 3.63) is 23.5 Å². The van der Waals surface area contributed by atoms with Gasteiger partial charge in [-0.05, 0) is 12.1 Å². The summed E-state index contributed by atoms with van der Waals surface area (Å²) in [4.78, 5) is 11.4. The summed E-state index contributed by atoms with van der Waals surface area (Å²) in [6.45, 7) is 0.451. The number of hydrogen-bond acceptors (Lipinski definition) is 4. The van der Waals surface area contributed by atoms with Crippen LogP contribution in [0.4, 0.5) is 4.39 Å². The molecule has 1 aliphatic heterocycles. The van der Waals surface area contributed by atoms with Crippen molar-refractivity contribution in [2.24, 2.45) is 5.73 Å². The lowest BCUT2D eigenvalue weighted by molar-refractivity contribution is 0.0989. The number of ketones is 1. The molecule has 2 N–H and O–H groups in total. The summed E-state index contributed by atoms with van der Waals surface area (Å²) < 4.78 is 23.6. The van der Waals surface area contributed by atoms with Crippen LogP contribution in [0, 0.1) is 5.82 Å². The van der Waals surface area contributed by atoms with Crippen molar-refractivity contribution in [1.82, 2.24) is 0 Å². The van der Waals surface area contributed by atoms with Gasteiger partial charge in [0.15, 0.2) is 23.1 Å². The van der Waals surface area contributed by atoms with Crippen molar-refractivity contribution in [3.63, 3.8) is 0 Å². The lowest BCUT2D eigenvalue weighted by Crippen LogP contribution is -2.21. The van der Waals surface area contributed by atoms with Crippen molar-refractivity contribution in [2.75, 3.05) is 19.8 Å². The van der Waals surface area contributed by atoms with E-state index in [-0.39, 0.29) is 36.0 Å². The molecule has 80 valence electrons. The van der Waals surface area contributed by atoms with Crippen LogP contribution in [0.2, 0.25) is 0 Å². The monoisotopic (exact) mass is 211 g/mol. The van der Waals surface area contributed by atoms with E-state index in [4.69, 9.17) is 15.2 Å². The Morgan fingerprint density at radius 3 is 2.67 bits per heavy atom. The van der Waals surface area contributed by atoms with Crippen LogP contribution in [-0.2, 0) is 0 Å². The molecule has 5 heteroatoms. The summed E-state index contributed by atoms with van der Waals surface area (Å²) in [6.07, 6.45) is 0. The molecule has 0 atom stereocenters. The first-order chi connectivity index (χ1) is 7.24. The first kappa shape index (κ1) is 9.92. The molecule has 1 aromatic carbocycles. The molecule has 0 unspecified atom stereocenters. The zero-order chi connectivity index (χ0) is 10.8. The van der Waals surface area contributed by atoms with Crippen molar-refractivity contribution < 1.29 is 18.7 Å². The van der Waals surface area contributed by atoms with E-state index >= 15 is 0 Å². The molecular weight excluding hydrogens is 201 g/mol. The van der Waals surface area contributed by atoms with E-state index in [0.717, 1.165) is 0 Å². The Hall–Kier alpha value is -1.62. The van der Waals surface area contributed by atoms with Gasteiger partial charge in [0.05, 0.1) is 12.1 Å². The van der Waals surface area contributed by atoms with Gasteiger partial charge in [-0.2, -0.15) is 0 Å². The largest absolute Gasteiger partial charge is 0.485 e. The van der Waals surface area contributed by atoms with Gasteiger partial charge in [0.1, 0.15) is 13.2 Å². The van der Waals surface area contributed by atoms with Gasteiger partial charge in [-0.1, -0.05) is 0 Å². The second kappa shape index (κ2) is 3.86. The number of nitrogens with two attached hydrogens (primary N) is 1. The molecule has 2 rings (SSSR count). The fourth-order valence-electron chi connectivity index (χ4n) is 1.43. The predicted molar refractivity (Wildman–Crippen MR) is 50.8 cm³/mol. The molecule has 4 nitrogen and oxygen atoms in total. The molecule has 0 spiro atoms. The molecule has 0 aromatic heterocycles. The van der Waals surface area contributed by atoms with Gasteiger partial charge >= 0.3 is 0 Å². The molecule has 15 heavy (non-hydrogen) atoms. The lowest BCUT2D eigenvalue weighted by Gasteiger charge is -2.20. The van der Waals surface area contributed by atoms with Crippen LogP contribution in [0.3, 0.4) is 0 Å². The van der Waals surface area contributed by atoms with Gasteiger partial charge in [-0.3, -0.25) is 4.79 Å². The number of ether oxygens (including phenoxy) is 2. The van der Waals surface area contributed by atoms with Crippen LogP contribution in [0.5, 0.6) is 11.5 Å². The molecule has 1 heterocycles. The highest BCUT2D eigenvalue weighted by atomic mass is 19.1. The summed E-state index contributed by atoms with van der Waals surface area (Å²) in [5, 5.41) is 0. The van der Waals surface area contributed by atoms with Gasteiger partial charge in [0, 0.05) is 0 Å². The Bertz CT molecular complexity index is 406. The van der Waals surface area contributed by atoms with Crippen LogP contribution < -0.4 is 15.2 Å². The van der Waals surface area contributed by atoms with E-state index in [1.807, 2.05) is 0 Å². The van der Waals surface area contributed by atoms with E-state index in [0.29, 0.717) is 6.61 Å². The molecule has 0 aliphatic carbocycles. The number of fused-ring (bicyclic) bond motifs is 1. The summed E-state index contributed by atoms with van der Waals surface area (Å²) in [5.74, 6) is -0.660. The highest BCUT2D eigenvalue weighted by Gasteiger charge is 2.23. The Morgan fingerprint density at radius 1 is 1.33 bits per heavy atom. The lowest BCUT2D eigenvalue weighted by atomic mass is 10.1. The molecule has 0 bridgehead atoms. The second-order valence-electron chi connectivity index (χ2n) is 3.08. The third-order valence-corrected chi connectivity index (χ3v) is 2.13. The molecule has 0 saturated heterocycles. The fraction of sp³-hybridized carbons (Fsp3) is 0.300. The van der Waals surface area contributed by atoms with Gasteiger partial charge in [-0.15, -0.1) is 0 Å². The maximum absolute atomic E-state index is 13.3. The van der Waals surface area contributed by atoms with Crippen LogP contribution in [0.25, 0.3) is 0 Å². The standard InChI is InChI=1S/C10H10FNO3/c11-7-2-1-6(8(13)5-12)9-10(7)15-4-3-14-9/h1-2H,3-5,12H2. The zero-order valence-electron chi connectivity index (χ0n) is 7.96. The maximum Gasteiger partial charge on any atom is 0.197 e. The van der Waals surface area contributed by atoms with Crippen LogP contribution in [-0.4, -0.2) is 25.5 Å². The topological polar surface area (TPSA) is 61.6 Å². The Morgan fingerprint density at radius 2 is 2.00 bits per heavy atom. The first-order valence-corrected chi connectivity index (χ1v) is 4.55. The second-order valence-corrected chi connectivity index (χ2v) is 3.08. The fourth-order valence-corrected chi connectivity index (χ4v) is 1.43. The average molecular weight is 211 g/mol. The number of rotatable bonds is 2. The van der Waals surface area contributed by atoms with Crippen LogP contribution in [0.1, 0.15) is 10.4 Å². The Kier molecular flexibility index (Phi) is 2.55. The highest BCUT2D eigenvalue weighted by Crippen LogP contribution is 2.36. The van der Waals surface area contributed by atoms with Crippen molar-refractivity contribution in [1.29, 1.82) is 0 Å². The summed E-state index contributed by atoms with van der Waals surface area (Å²) >= 11 is 0. The molecule has 1 aromatic rings. The number of hydrogen-bond donors (Lipinski definition) is 1. The summed E-state index contributed by atoms with van der Waals surface area (Å²) in [6, 6.07) is 2.54. The smallest absolute Gasteiger partial charge is 0.197 e. The predicted octanol–water partition coefficient (Wildman–Crippen LogP) is 0.738. The SMILES string of the molecule is NCC(=O)c1ccc(F)c2c1OCCO2. The number of carbonyl (C=O) groups excluding carboxylic acids is 1. The minimum atomic E-state index is -0.529. The number of carbonyl (C=O) groups is 1. The molecule has 0 fully saturated rings. The van der Waals surface area contributed by atoms with E-state index < -0.39 is 5.82 Å². The first-order valence-electron chi connectivity index (χ1n) is 4.55. The highest BCUT2D eigenvalue weighted by molar-refractivity contribution is 6.00. The normalized spacial score (nSPS) is 13.7. The number of halogens is 1. The van der Waals surface area contributed by atoms with E-state index in [1.54, 1.807) is 0 Å². The zero-order valence-corrected chi connectivity index (χ0v) is 7.96. The molecule has 0 amide bonds. The number of Topliss-reactive ketones (excluding diaryl/α,β-unsaturated/α-hetero) is 1. The molecule has 0 saturated carbocycles. The molecular formula is C10H10FNO3. The third kappa shape index (κ3) is 1.66. The van der Waals surface area contributed by atoms with E-state index in [2.05, 4.69) is 0 Å². The van der Waals surface area contributed by atoms with Crippen molar-refractivity contribution in [2.45, 2.75) is 0 Å². The third-order valence-electron chi connectivity index (χ3n) is 2.13. The average Bonchev–Trinajstić information content (AvgIpc) is 2.29. The van der Waals surface area contributed by atoms with Crippen molar-refractivity contribution in [3.8, 4) is 11.5 Å². The van der Waals surface area contributed by atoms with Crippen LogP contribution in [0.15, 0.2) is 12.1 Å². The van der Waals surface area contributed by atoms with Gasteiger partial charge in [0.25, 0.3) is 0 Å². The summed E-state index contributed by atoms with van der Waals surface area (Å²) in [5.41, 5.74) is 5.51. The summed E-state index contributed by atoms with van der Waals surface area (Å²) in [7, 11) is 0. The van der Waals surface area contributed by atoms with Crippen molar-refractivity contribution >= 4 is 5.78 Å². The van der Waals surface area contributed by atoms with Gasteiger partial charge in [0.2, 0.25) is 0 Å². The van der Waals surface area contributed by atoms with Crippen LogP contribution >= 0.6 is 0 Å². The van der Waals surface area contributed by atoms with Gasteiger partial charge in [-0.25, -0.2) is 4.39 Å². The number of benzene rings is 1. The van der Waals surface area contributed by atoms with E-state index in [1.165, 1.54) is 12.1 Å². The minimum Gasteiger partial charge on any atom is -0.485 e. The van der Waals surface area contributed by atoms with E-state index in [9.17, 15) is 9.18 Å².